The highest BCUT2D eigenvalue weighted by molar-refractivity contribution is 8.00. The summed E-state index contributed by atoms with van der Waals surface area (Å²) in [6.45, 7) is -0.431. The van der Waals surface area contributed by atoms with Gasteiger partial charge in [-0.05, 0) is 54.1 Å². The summed E-state index contributed by atoms with van der Waals surface area (Å²) in [5, 5.41) is 1.72. The zero-order chi connectivity index (χ0) is 31.3. The molecule has 1 saturated heterocycles. The van der Waals surface area contributed by atoms with Crippen molar-refractivity contribution in [3.63, 3.8) is 0 Å². The third-order valence-corrected chi connectivity index (χ3v) is 10.0. The number of halogens is 4. The Morgan fingerprint density at radius 1 is 0.955 bits per heavy atom. The number of para-hydroxylation sites is 1. The fourth-order valence-corrected chi connectivity index (χ4v) is 8.22. The van der Waals surface area contributed by atoms with Crippen LogP contribution in [0.2, 0.25) is 0 Å². The number of hydrogen-bond acceptors (Lipinski definition) is 7. The molecule has 8 nitrogen and oxygen atoms in total. The molecule has 2 aliphatic heterocycles. The number of nitrogens with zero attached hydrogens (tertiary/aromatic N) is 2. The summed E-state index contributed by atoms with van der Waals surface area (Å²) in [4.78, 5) is 54.3. The van der Waals surface area contributed by atoms with E-state index in [0.717, 1.165) is 53.4 Å². The van der Waals surface area contributed by atoms with Crippen LogP contribution in [-0.2, 0) is 27.1 Å². The van der Waals surface area contributed by atoms with E-state index in [1.165, 1.54) is 29.9 Å². The lowest BCUT2D eigenvalue weighted by atomic mass is 9.83. The van der Waals surface area contributed by atoms with Gasteiger partial charge in [-0.25, -0.2) is 9.29 Å². The number of thioether (sulfide) groups is 1. The molecular formula is C30H21F4N3O5S2. The van der Waals surface area contributed by atoms with E-state index in [-0.39, 0.29) is 5.03 Å². The number of ether oxygens (including phenoxy) is 1. The van der Waals surface area contributed by atoms with Gasteiger partial charge in [-0.2, -0.15) is 13.2 Å². The van der Waals surface area contributed by atoms with E-state index in [4.69, 9.17) is 4.74 Å². The number of carbonyl (C=O) groups excluding carboxylic acids is 3. The lowest BCUT2D eigenvalue weighted by Gasteiger charge is -2.30. The van der Waals surface area contributed by atoms with Crippen molar-refractivity contribution in [2.24, 2.45) is 5.92 Å². The number of amides is 3. The minimum atomic E-state index is -4.84. The van der Waals surface area contributed by atoms with Gasteiger partial charge in [0.05, 0.1) is 29.3 Å². The Kier molecular flexibility index (Phi) is 7.58. The van der Waals surface area contributed by atoms with Crippen molar-refractivity contribution < 1.29 is 36.7 Å². The van der Waals surface area contributed by atoms with Crippen molar-refractivity contribution in [3.05, 3.63) is 104 Å². The molecule has 0 aliphatic carbocycles. The maximum atomic E-state index is 13.9. The Morgan fingerprint density at radius 3 is 2.30 bits per heavy atom. The minimum absolute atomic E-state index is 0.243. The second-order valence-electron chi connectivity index (χ2n) is 10.0. The molecule has 1 aromatic heterocycles. The number of benzene rings is 3. The van der Waals surface area contributed by atoms with Gasteiger partial charge in [-0.1, -0.05) is 47.4 Å². The monoisotopic (exact) mass is 643 g/mol. The molecule has 3 aromatic carbocycles. The van der Waals surface area contributed by atoms with Gasteiger partial charge in [0.25, 0.3) is 0 Å². The number of thiazole rings is 1. The average Bonchev–Trinajstić information content (AvgIpc) is 3.43. The molecule has 226 valence electrons. The molecule has 4 aromatic rings. The lowest BCUT2D eigenvalue weighted by molar-refractivity contribution is -0.137. The molecule has 0 spiro atoms. The van der Waals surface area contributed by atoms with Crippen LogP contribution in [-0.4, -0.2) is 34.6 Å². The van der Waals surface area contributed by atoms with E-state index in [2.05, 4.69) is 5.32 Å². The fraction of sp³-hybridized carbons (Fsp3) is 0.200. The molecule has 1 fully saturated rings. The molecular weight excluding hydrogens is 622 g/mol. The van der Waals surface area contributed by atoms with Gasteiger partial charge in [0.15, 0.2) is 0 Å². The largest absolute Gasteiger partial charge is 0.497 e. The standard InChI is InChI=1S/C30H21F4N3O5S2/c1-42-18-12-10-17(11-13-18)35-21(38)14-36-28-25(44-29(36)41)22(15-6-8-16(31)9-7-15)23-24(43-28)27(40)37(26(23)39)20-5-3-2-4-19(20)30(32,33)34/h2-13,22-24H,14H2,1H3,(H,35,38)/t22-,23-,24+/m0/s1. The number of alkyl halides is 3. The van der Waals surface area contributed by atoms with Gasteiger partial charge in [0.2, 0.25) is 17.7 Å². The van der Waals surface area contributed by atoms with Crippen molar-refractivity contribution in [2.75, 3.05) is 17.3 Å². The van der Waals surface area contributed by atoms with Gasteiger partial charge in [-0.15, -0.1) is 0 Å². The van der Waals surface area contributed by atoms with Gasteiger partial charge < -0.3 is 10.1 Å². The first-order valence-electron chi connectivity index (χ1n) is 13.1. The van der Waals surface area contributed by atoms with Crippen LogP contribution in [0.25, 0.3) is 0 Å². The SMILES string of the molecule is COc1ccc(NC(=O)Cn2c3c(sc2=O)[C@@H](c2ccc(F)cc2)[C@@H]2C(=O)N(c4ccccc4C(F)(F)F)C(=O)[C@@H]2S3)cc1. The molecule has 0 saturated carbocycles. The van der Waals surface area contributed by atoms with Gasteiger partial charge >= 0.3 is 11.0 Å². The number of imide groups is 1. The summed E-state index contributed by atoms with van der Waals surface area (Å²) >= 11 is 1.63. The van der Waals surface area contributed by atoms with Crippen molar-refractivity contribution in [1.82, 2.24) is 4.57 Å². The first kappa shape index (κ1) is 29.6. The summed E-state index contributed by atoms with van der Waals surface area (Å²) in [6.07, 6.45) is -4.84. The van der Waals surface area contributed by atoms with E-state index >= 15 is 0 Å². The summed E-state index contributed by atoms with van der Waals surface area (Å²) in [7, 11) is 1.50. The number of rotatable bonds is 6. The highest BCUT2D eigenvalue weighted by atomic mass is 32.2. The second kappa shape index (κ2) is 11.2. The number of anilines is 2. The maximum absolute atomic E-state index is 13.9. The number of nitrogens with one attached hydrogen (secondary N) is 1. The highest BCUT2D eigenvalue weighted by Gasteiger charge is 2.57. The summed E-state index contributed by atoms with van der Waals surface area (Å²) in [5.74, 6) is -4.43. The van der Waals surface area contributed by atoms with Crippen molar-refractivity contribution >= 4 is 52.2 Å². The molecule has 44 heavy (non-hydrogen) atoms. The number of aromatic nitrogens is 1. The fourth-order valence-electron chi connectivity index (χ4n) is 5.45. The molecule has 3 amide bonds. The minimum Gasteiger partial charge on any atom is -0.497 e. The molecule has 14 heteroatoms. The predicted molar refractivity (Wildman–Crippen MR) is 156 cm³/mol. The Hall–Kier alpha value is -4.43. The Morgan fingerprint density at radius 2 is 1.64 bits per heavy atom. The highest BCUT2D eigenvalue weighted by Crippen LogP contribution is 2.54. The first-order valence-corrected chi connectivity index (χ1v) is 14.8. The normalized spacial score (nSPS) is 19.5. The van der Waals surface area contributed by atoms with Crippen LogP contribution < -0.4 is 19.8 Å². The molecule has 0 unspecified atom stereocenters. The second-order valence-corrected chi connectivity index (χ2v) is 12.1. The Bertz CT molecular complexity index is 1840. The van der Waals surface area contributed by atoms with Crippen LogP contribution >= 0.6 is 23.1 Å². The molecule has 1 N–H and O–H groups in total. The van der Waals surface area contributed by atoms with Crippen LogP contribution in [0.5, 0.6) is 5.75 Å². The summed E-state index contributed by atoms with van der Waals surface area (Å²) in [6, 6.07) is 16.0. The van der Waals surface area contributed by atoms with E-state index in [1.807, 2.05) is 0 Å². The van der Waals surface area contributed by atoms with E-state index < -0.39 is 69.5 Å². The molecule has 3 heterocycles. The van der Waals surface area contributed by atoms with E-state index in [9.17, 15) is 36.7 Å². The summed E-state index contributed by atoms with van der Waals surface area (Å²) in [5.41, 5.74) is -0.903. The molecule has 6 rings (SSSR count). The average molecular weight is 644 g/mol. The lowest BCUT2D eigenvalue weighted by Crippen LogP contribution is -2.33. The topological polar surface area (TPSA) is 97.7 Å². The smallest absolute Gasteiger partial charge is 0.418 e. The molecule has 0 radical (unpaired) electrons. The van der Waals surface area contributed by atoms with Gasteiger partial charge in [-0.3, -0.25) is 23.7 Å². The third kappa shape index (κ3) is 5.17. The van der Waals surface area contributed by atoms with Gasteiger partial charge in [0.1, 0.15) is 23.4 Å². The van der Waals surface area contributed by atoms with E-state index in [1.54, 1.807) is 24.3 Å². The van der Waals surface area contributed by atoms with Crippen molar-refractivity contribution in [3.8, 4) is 5.75 Å². The maximum Gasteiger partial charge on any atom is 0.418 e. The molecule has 3 atom stereocenters. The van der Waals surface area contributed by atoms with Crippen LogP contribution in [0.3, 0.4) is 0 Å². The van der Waals surface area contributed by atoms with Crippen molar-refractivity contribution in [2.45, 2.75) is 28.9 Å². The molecule has 2 aliphatic rings. The van der Waals surface area contributed by atoms with Crippen LogP contribution in [0, 0.1) is 11.7 Å². The number of hydrogen-bond donors (Lipinski definition) is 1. The summed E-state index contributed by atoms with van der Waals surface area (Å²) < 4.78 is 61.9. The predicted octanol–water partition coefficient (Wildman–Crippen LogP) is 5.51. The van der Waals surface area contributed by atoms with E-state index in [0.29, 0.717) is 26.8 Å². The zero-order valence-electron chi connectivity index (χ0n) is 22.6. The first-order chi connectivity index (χ1) is 21.0. The number of methoxy groups -OCH3 is 1. The Balaban J connectivity index is 1.41. The Labute approximate surface area is 255 Å². The quantitative estimate of drug-likeness (QED) is 0.220. The zero-order valence-corrected chi connectivity index (χ0v) is 24.3. The number of carbonyl (C=O) groups is 3. The van der Waals surface area contributed by atoms with Crippen LogP contribution in [0.1, 0.15) is 21.9 Å². The third-order valence-electron chi connectivity index (χ3n) is 7.40. The van der Waals surface area contributed by atoms with Gasteiger partial charge in [0, 0.05) is 16.5 Å². The van der Waals surface area contributed by atoms with Crippen LogP contribution in [0.15, 0.2) is 82.6 Å². The van der Waals surface area contributed by atoms with Crippen LogP contribution in [0.4, 0.5) is 28.9 Å². The number of fused-ring (bicyclic) bond motifs is 2. The molecule has 0 bridgehead atoms. The van der Waals surface area contributed by atoms with Crippen molar-refractivity contribution in [1.29, 1.82) is 0 Å².